The van der Waals surface area contributed by atoms with Crippen LogP contribution in [0.3, 0.4) is 0 Å². The number of pyridine rings is 1. The smallest absolute Gasteiger partial charge is 0.339 e. The van der Waals surface area contributed by atoms with Crippen molar-refractivity contribution in [2.24, 2.45) is 0 Å². The summed E-state index contributed by atoms with van der Waals surface area (Å²) >= 11 is 6.16. The lowest BCUT2D eigenvalue weighted by Gasteiger charge is -2.10. The number of aromatic nitrogens is 1. The largest absolute Gasteiger partial charge is 0.457 e. The number of rotatable bonds is 5. The second-order valence-corrected chi connectivity index (χ2v) is 8.21. The molecule has 7 heteroatoms. The maximum absolute atomic E-state index is 12.4. The zero-order valence-corrected chi connectivity index (χ0v) is 15.5. The summed E-state index contributed by atoms with van der Waals surface area (Å²) in [5.74, 6) is -0.820. The fraction of sp³-hybridized carbons (Fsp3) is 0.158. The Hall–Kier alpha value is -2.44. The van der Waals surface area contributed by atoms with Crippen molar-refractivity contribution in [1.82, 2.24) is 4.98 Å². The third-order valence-electron chi connectivity index (χ3n) is 3.93. The highest BCUT2D eigenvalue weighted by atomic mass is 35.5. The first-order chi connectivity index (χ1) is 12.4. The molecule has 26 heavy (non-hydrogen) atoms. The molecule has 0 aliphatic heterocycles. The van der Waals surface area contributed by atoms with Gasteiger partial charge < -0.3 is 4.74 Å². The lowest BCUT2D eigenvalue weighted by molar-refractivity contribution is 0.0468. The van der Waals surface area contributed by atoms with Gasteiger partial charge in [-0.1, -0.05) is 48.9 Å². The summed E-state index contributed by atoms with van der Waals surface area (Å²) in [5.41, 5.74) is 1.31. The van der Waals surface area contributed by atoms with Gasteiger partial charge in [0.1, 0.15) is 11.8 Å². The zero-order valence-electron chi connectivity index (χ0n) is 14.0. The van der Waals surface area contributed by atoms with Gasteiger partial charge in [0.15, 0.2) is 9.84 Å². The van der Waals surface area contributed by atoms with Crippen LogP contribution in [0, 0.1) is 0 Å². The van der Waals surface area contributed by atoms with E-state index in [1.54, 1.807) is 18.2 Å². The first-order valence-corrected chi connectivity index (χ1v) is 9.98. The first-order valence-electron chi connectivity index (χ1n) is 7.95. The molecule has 0 aliphatic carbocycles. The van der Waals surface area contributed by atoms with E-state index in [9.17, 15) is 13.2 Å². The van der Waals surface area contributed by atoms with E-state index in [1.165, 1.54) is 19.1 Å². The van der Waals surface area contributed by atoms with Crippen LogP contribution in [-0.2, 0) is 21.2 Å². The van der Waals surface area contributed by atoms with Crippen molar-refractivity contribution in [3.8, 4) is 0 Å². The van der Waals surface area contributed by atoms with E-state index in [1.807, 2.05) is 24.3 Å². The van der Waals surface area contributed by atoms with E-state index in [-0.39, 0.29) is 28.0 Å². The Morgan fingerprint density at radius 1 is 1.12 bits per heavy atom. The number of halogens is 1. The summed E-state index contributed by atoms with van der Waals surface area (Å²) in [4.78, 5) is 16.7. The highest BCUT2D eigenvalue weighted by molar-refractivity contribution is 7.91. The number of para-hydroxylation sites is 1. The molecule has 0 unspecified atom stereocenters. The molecule has 1 heterocycles. The molecule has 0 amide bonds. The summed E-state index contributed by atoms with van der Waals surface area (Å²) in [6.07, 6.45) is 0. The van der Waals surface area contributed by atoms with Gasteiger partial charge in [0, 0.05) is 10.9 Å². The van der Waals surface area contributed by atoms with Gasteiger partial charge in [-0.05, 0) is 24.3 Å². The Morgan fingerprint density at radius 3 is 2.58 bits per heavy atom. The van der Waals surface area contributed by atoms with Crippen molar-refractivity contribution in [3.63, 3.8) is 0 Å². The fourth-order valence-corrected chi connectivity index (χ4v) is 3.80. The Balaban J connectivity index is 1.85. The summed E-state index contributed by atoms with van der Waals surface area (Å²) in [5, 5.41) is 1.11. The number of benzene rings is 2. The van der Waals surface area contributed by atoms with Crippen LogP contribution in [-0.4, -0.2) is 25.1 Å². The molecule has 0 aliphatic rings. The van der Waals surface area contributed by atoms with Crippen molar-refractivity contribution in [2.45, 2.75) is 18.4 Å². The van der Waals surface area contributed by atoms with E-state index in [4.69, 9.17) is 16.3 Å². The van der Waals surface area contributed by atoms with Crippen molar-refractivity contribution >= 4 is 38.3 Å². The van der Waals surface area contributed by atoms with Crippen LogP contribution in [0.15, 0.2) is 59.5 Å². The number of carbonyl (C=O) groups excluding carboxylic acids is 1. The van der Waals surface area contributed by atoms with Crippen molar-refractivity contribution < 1.29 is 17.9 Å². The van der Waals surface area contributed by atoms with E-state index in [2.05, 4.69) is 4.98 Å². The molecule has 2 aromatic carbocycles. The van der Waals surface area contributed by atoms with Gasteiger partial charge >= 0.3 is 5.97 Å². The average Bonchev–Trinajstić information content (AvgIpc) is 2.66. The summed E-state index contributed by atoms with van der Waals surface area (Å²) < 4.78 is 29.6. The van der Waals surface area contributed by atoms with Crippen LogP contribution >= 0.6 is 11.6 Å². The number of hydrogen-bond donors (Lipinski definition) is 0. The standard InChI is InChI=1S/C19H16ClNO4S/c1-2-26(23,24)17-10-6-4-8-15(17)19(22)25-12-14-11-13-7-3-5-9-16(13)21-18(14)20/h3-11H,2,12H2,1H3. The van der Waals surface area contributed by atoms with Crippen LogP contribution in [0.5, 0.6) is 0 Å². The van der Waals surface area contributed by atoms with E-state index >= 15 is 0 Å². The van der Waals surface area contributed by atoms with Crippen LogP contribution in [0.1, 0.15) is 22.8 Å². The number of esters is 1. The molecule has 3 aromatic rings. The fourth-order valence-electron chi connectivity index (χ4n) is 2.52. The molecule has 1 aromatic heterocycles. The molecule has 0 saturated carbocycles. The van der Waals surface area contributed by atoms with Gasteiger partial charge in [0.05, 0.1) is 21.7 Å². The second-order valence-electron chi connectivity index (χ2n) is 5.61. The minimum Gasteiger partial charge on any atom is -0.457 e. The second kappa shape index (κ2) is 7.43. The minimum atomic E-state index is -3.53. The SMILES string of the molecule is CCS(=O)(=O)c1ccccc1C(=O)OCc1cc2ccccc2nc1Cl. The molecule has 0 bridgehead atoms. The van der Waals surface area contributed by atoms with E-state index in [0.29, 0.717) is 5.56 Å². The van der Waals surface area contributed by atoms with Crippen molar-refractivity contribution in [3.05, 3.63) is 70.9 Å². The van der Waals surface area contributed by atoms with Crippen LogP contribution < -0.4 is 0 Å². The van der Waals surface area contributed by atoms with Crippen molar-refractivity contribution in [1.29, 1.82) is 0 Å². The predicted octanol–water partition coefficient (Wildman–Crippen LogP) is 4.04. The lowest BCUT2D eigenvalue weighted by Crippen LogP contribution is -2.13. The topological polar surface area (TPSA) is 73.3 Å². The Labute approximate surface area is 156 Å². The molecule has 0 atom stereocenters. The molecule has 0 N–H and O–H groups in total. The van der Waals surface area contributed by atoms with Crippen molar-refractivity contribution in [2.75, 3.05) is 5.75 Å². The average molecular weight is 390 g/mol. The predicted molar refractivity (Wildman–Crippen MR) is 100 cm³/mol. The number of nitrogens with zero attached hydrogens (tertiary/aromatic N) is 1. The third-order valence-corrected chi connectivity index (χ3v) is 6.04. The normalized spacial score (nSPS) is 11.5. The number of sulfone groups is 1. The zero-order chi connectivity index (χ0) is 18.7. The van der Waals surface area contributed by atoms with Crippen LogP contribution in [0.25, 0.3) is 10.9 Å². The summed E-state index contributed by atoms with van der Waals surface area (Å²) in [6, 6.07) is 15.3. The third kappa shape index (κ3) is 3.71. The van der Waals surface area contributed by atoms with Gasteiger partial charge in [0.2, 0.25) is 0 Å². The maximum atomic E-state index is 12.4. The Kier molecular flexibility index (Phi) is 5.25. The monoisotopic (exact) mass is 389 g/mol. The lowest BCUT2D eigenvalue weighted by atomic mass is 10.1. The van der Waals surface area contributed by atoms with E-state index in [0.717, 1.165) is 10.9 Å². The summed E-state index contributed by atoms with van der Waals surface area (Å²) in [6.45, 7) is 1.42. The molecule has 0 fully saturated rings. The van der Waals surface area contributed by atoms with Crippen LogP contribution in [0.4, 0.5) is 0 Å². The molecule has 5 nitrogen and oxygen atoms in total. The van der Waals surface area contributed by atoms with Gasteiger partial charge in [-0.25, -0.2) is 18.2 Å². The molecular weight excluding hydrogens is 374 g/mol. The molecule has 0 radical (unpaired) electrons. The first kappa shape index (κ1) is 18.4. The quantitative estimate of drug-likeness (QED) is 0.486. The van der Waals surface area contributed by atoms with E-state index < -0.39 is 15.8 Å². The van der Waals surface area contributed by atoms with Gasteiger partial charge in [-0.3, -0.25) is 0 Å². The highest BCUT2D eigenvalue weighted by Crippen LogP contribution is 2.23. The van der Waals surface area contributed by atoms with Gasteiger partial charge in [0.25, 0.3) is 0 Å². The number of hydrogen-bond acceptors (Lipinski definition) is 5. The number of ether oxygens (including phenoxy) is 1. The molecule has 0 saturated heterocycles. The van der Waals surface area contributed by atoms with Gasteiger partial charge in [-0.2, -0.15) is 0 Å². The Morgan fingerprint density at radius 2 is 1.81 bits per heavy atom. The molecular formula is C19H16ClNO4S. The summed E-state index contributed by atoms with van der Waals surface area (Å²) in [7, 11) is -3.53. The van der Waals surface area contributed by atoms with Gasteiger partial charge in [-0.15, -0.1) is 0 Å². The minimum absolute atomic E-state index is 0.0132. The number of fused-ring (bicyclic) bond motifs is 1. The highest BCUT2D eigenvalue weighted by Gasteiger charge is 2.21. The Bertz CT molecular complexity index is 1080. The number of carbonyl (C=O) groups is 1. The molecule has 3 rings (SSSR count). The van der Waals surface area contributed by atoms with Crippen LogP contribution in [0.2, 0.25) is 5.15 Å². The maximum Gasteiger partial charge on any atom is 0.339 e. The molecule has 0 spiro atoms. The molecule has 134 valence electrons.